The second kappa shape index (κ2) is 4.37. The fourth-order valence-electron chi connectivity index (χ4n) is 1.87. The van der Waals surface area contributed by atoms with E-state index in [0.717, 1.165) is 0 Å². The molecule has 1 aliphatic rings. The molecule has 0 radical (unpaired) electrons. The fraction of sp³-hybridized carbons (Fsp3) is 0.400. The minimum Gasteiger partial charge on any atom is -0.367 e. The molecule has 1 saturated heterocycles. The highest BCUT2D eigenvalue weighted by atomic mass is 35.5. The third-order valence-electron chi connectivity index (χ3n) is 2.65. The van der Waals surface area contributed by atoms with Crippen molar-refractivity contribution in [2.24, 2.45) is 0 Å². The Kier molecular flexibility index (Phi) is 3.09. The molecule has 0 saturated carbocycles. The fourth-order valence-corrected chi connectivity index (χ4v) is 2.05. The van der Waals surface area contributed by atoms with Crippen LogP contribution in [0.1, 0.15) is 17.9 Å². The van der Waals surface area contributed by atoms with Gasteiger partial charge >= 0.3 is 0 Å². The number of halogens is 1. The number of hydrogen-bond acceptors (Lipinski definition) is 4. The van der Waals surface area contributed by atoms with Crippen molar-refractivity contribution in [1.82, 2.24) is 0 Å². The van der Waals surface area contributed by atoms with Crippen molar-refractivity contribution in [2.45, 2.75) is 18.6 Å². The van der Waals surface area contributed by atoms with Gasteiger partial charge in [0.25, 0.3) is 5.69 Å². The Labute approximate surface area is 96.7 Å². The Bertz CT molecular complexity index is 423. The number of aliphatic hydroxyl groups excluding tert-OH is 1. The van der Waals surface area contributed by atoms with Gasteiger partial charge in [-0.2, -0.15) is 0 Å². The molecule has 0 spiro atoms. The third-order valence-corrected chi connectivity index (χ3v) is 2.88. The van der Waals surface area contributed by atoms with Crippen molar-refractivity contribution in [2.75, 3.05) is 6.61 Å². The molecular formula is C10H10ClNO4. The maximum atomic E-state index is 10.8. The molecule has 1 aromatic carbocycles. The summed E-state index contributed by atoms with van der Waals surface area (Å²) in [6.45, 7) is 0.398. The average molecular weight is 244 g/mol. The molecule has 16 heavy (non-hydrogen) atoms. The molecule has 0 amide bonds. The van der Waals surface area contributed by atoms with E-state index in [1.165, 1.54) is 18.2 Å². The third kappa shape index (κ3) is 2.02. The molecule has 0 aromatic heterocycles. The van der Waals surface area contributed by atoms with Crippen LogP contribution in [0.5, 0.6) is 0 Å². The maximum Gasteiger partial charge on any atom is 0.273 e. The van der Waals surface area contributed by atoms with Gasteiger partial charge in [-0.3, -0.25) is 10.1 Å². The topological polar surface area (TPSA) is 72.6 Å². The number of rotatable bonds is 2. The summed E-state index contributed by atoms with van der Waals surface area (Å²) in [5, 5.41) is 20.8. The summed E-state index contributed by atoms with van der Waals surface area (Å²) in [6, 6.07) is 4.33. The predicted molar refractivity (Wildman–Crippen MR) is 57.4 cm³/mol. The normalized spacial score (nSPS) is 24.6. The zero-order valence-electron chi connectivity index (χ0n) is 8.30. The number of nitro benzene ring substituents is 1. The lowest BCUT2D eigenvalue weighted by atomic mass is 9.95. The zero-order chi connectivity index (χ0) is 11.7. The molecule has 2 rings (SSSR count). The Hall–Kier alpha value is -1.17. The molecular weight excluding hydrogens is 234 g/mol. The van der Waals surface area contributed by atoms with Gasteiger partial charge in [-0.15, -0.1) is 0 Å². The van der Waals surface area contributed by atoms with E-state index in [2.05, 4.69) is 0 Å². The first-order chi connectivity index (χ1) is 7.59. The van der Waals surface area contributed by atoms with Crippen LogP contribution in [0.3, 0.4) is 0 Å². The van der Waals surface area contributed by atoms with E-state index in [9.17, 15) is 15.2 Å². The molecule has 1 fully saturated rings. The van der Waals surface area contributed by atoms with Crippen LogP contribution >= 0.6 is 11.6 Å². The molecule has 0 bridgehead atoms. The molecule has 1 N–H and O–H groups in total. The second-order valence-corrected chi connectivity index (χ2v) is 4.05. The van der Waals surface area contributed by atoms with Crippen LogP contribution in [0.25, 0.3) is 0 Å². The number of ether oxygens (including phenoxy) is 1. The van der Waals surface area contributed by atoms with Crippen molar-refractivity contribution in [3.63, 3.8) is 0 Å². The van der Waals surface area contributed by atoms with Crippen LogP contribution in [0, 0.1) is 10.1 Å². The van der Waals surface area contributed by atoms with Crippen LogP contribution in [-0.2, 0) is 4.74 Å². The van der Waals surface area contributed by atoms with Gasteiger partial charge in [0.2, 0.25) is 0 Å². The number of nitro groups is 1. The Morgan fingerprint density at radius 1 is 1.56 bits per heavy atom. The predicted octanol–water partition coefficient (Wildman–Crippen LogP) is 2.07. The number of aliphatic hydroxyl groups is 1. The summed E-state index contributed by atoms with van der Waals surface area (Å²) in [5.74, 6) is -0.376. The average Bonchev–Trinajstić information content (AvgIpc) is 2.63. The van der Waals surface area contributed by atoms with E-state index in [4.69, 9.17) is 16.3 Å². The largest absolute Gasteiger partial charge is 0.367 e. The minimum absolute atomic E-state index is 0.0287. The molecule has 1 heterocycles. The smallest absolute Gasteiger partial charge is 0.273 e. The van der Waals surface area contributed by atoms with Crippen molar-refractivity contribution >= 4 is 17.3 Å². The zero-order valence-corrected chi connectivity index (χ0v) is 9.05. The van der Waals surface area contributed by atoms with Gasteiger partial charge in [0, 0.05) is 22.6 Å². The summed E-state index contributed by atoms with van der Waals surface area (Å²) >= 11 is 5.80. The highest BCUT2D eigenvalue weighted by Gasteiger charge is 2.32. The van der Waals surface area contributed by atoms with E-state index in [0.29, 0.717) is 23.6 Å². The first kappa shape index (κ1) is 11.3. The highest BCUT2D eigenvalue weighted by Crippen LogP contribution is 2.36. The highest BCUT2D eigenvalue weighted by molar-refractivity contribution is 6.30. The SMILES string of the molecule is O=[N+]([O-])c1ccc(Cl)cc1C1CCOC1O. The quantitative estimate of drug-likeness (QED) is 0.638. The van der Waals surface area contributed by atoms with Crippen LogP contribution in [0.4, 0.5) is 5.69 Å². The van der Waals surface area contributed by atoms with E-state index in [1.54, 1.807) is 0 Å². The number of nitrogens with zero attached hydrogens (tertiary/aromatic N) is 1. The van der Waals surface area contributed by atoms with Crippen LogP contribution in [0.15, 0.2) is 18.2 Å². The van der Waals surface area contributed by atoms with Gasteiger partial charge < -0.3 is 9.84 Å². The second-order valence-electron chi connectivity index (χ2n) is 3.62. The lowest BCUT2D eigenvalue weighted by Crippen LogP contribution is -2.14. The van der Waals surface area contributed by atoms with Crippen LogP contribution < -0.4 is 0 Å². The monoisotopic (exact) mass is 243 g/mol. The number of hydrogen-bond donors (Lipinski definition) is 1. The van der Waals surface area contributed by atoms with Gasteiger partial charge in [0.15, 0.2) is 6.29 Å². The van der Waals surface area contributed by atoms with E-state index < -0.39 is 11.2 Å². The van der Waals surface area contributed by atoms with Gasteiger partial charge in [-0.05, 0) is 18.6 Å². The van der Waals surface area contributed by atoms with Crippen molar-refractivity contribution in [3.8, 4) is 0 Å². The number of benzene rings is 1. The summed E-state index contributed by atoms with van der Waals surface area (Å²) in [4.78, 5) is 10.4. The van der Waals surface area contributed by atoms with Crippen LogP contribution in [-0.4, -0.2) is 22.9 Å². The summed E-state index contributed by atoms with van der Waals surface area (Å²) in [6.07, 6.45) is -0.431. The molecule has 86 valence electrons. The van der Waals surface area contributed by atoms with Gasteiger partial charge in [-0.1, -0.05) is 11.6 Å². The first-order valence-electron chi connectivity index (χ1n) is 4.83. The Morgan fingerprint density at radius 2 is 2.31 bits per heavy atom. The molecule has 0 aliphatic carbocycles. The maximum absolute atomic E-state index is 10.8. The minimum atomic E-state index is -0.989. The summed E-state index contributed by atoms with van der Waals surface area (Å²) in [7, 11) is 0. The molecule has 1 aromatic rings. The van der Waals surface area contributed by atoms with E-state index >= 15 is 0 Å². The summed E-state index contributed by atoms with van der Waals surface area (Å²) in [5.41, 5.74) is 0.404. The van der Waals surface area contributed by atoms with Crippen LogP contribution in [0.2, 0.25) is 5.02 Å². The molecule has 2 atom stereocenters. The lowest BCUT2D eigenvalue weighted by Gasteiger charge is -2.13. The Morgan fingerprint density at radius 3 is 2.88 bits per heavy atom. The van der Waals surface area contributed by atoms with E-state index in [1.807, 2.05) is 0 Å². The molecule has 2 unspecified atom stereocenters. The standard InChI is InChI=1S/C10H10ClNO4/c11-6-1-2-9(12(14)15)8(5-6)7-3-4-16-10(7)13/h1-2,5,7,10,13H,3-4H2. The van der Waals surface area contributed by atoms with Gasteiger partial charge in [0.1, 0.15) is 0 Å². The van der Waals surface area contributed by atoms with Crippen molar-refractivity contribution in [3.05, 3.63) is 38.9 Å². The molecule has 5 nitrogen and oxygen atoms in total. The van der Waals surface area contributed by atoms with E-state index in [-0.39, 0.29) is 11.6 Å². The summed E-state index contributed by atoms with van der Waals surface area (Å²) < 4.78 is 4.98. The Balaban J connectivity index is 2.44. The van der Waals surface area contributed by atoms with Crippen molar-refractivity contribution in [1.29, 1.82) is 0 Å². The molecule has 6 heteroatoms. The van der Waals surface area contributed by atoms with Gasteiger partial charge in [0.05, 0.1) is 11.5 Å². The van der Waals surface area contributed by atoms with Gasteiger partial charge in [-0.25, -0.2) is 0 Å². The molecule has 1 aliphatic heterocycles. The first-order valence-corrected chi connectivity index (χ1v) is 5.21. The van der Waals surface area contributed by atoms with Crippen molar-refractivity contribution < 1.29 is 14.8 Å². The lowest BCUT2D eigenvalue weighted by molar-refractivity contribution is -0.385.